The third kappa shape index (κ3) is 6.75. The van der Waals surface area contributed by atoms with Crippen molar-refractivity contribution in [3.05, 3.63) is 108 Å². The SMILES string of the molecule is CC(C)C1O[C@H](COCc2ccccc2)C(OCc2ccccc2)C1OCc1ccccc1. The van der Waals surface area contributed by atoms with Crippen molar-refractivity contribution in [2.24, 2.45) is 5.92 Å². The van der Waals surface area contributed by atoms with Crippen LogP contribution < -0.4 is 0 Å². The van der Waals surface area contributed by atoms with Gasteiger partial charge in [0.2, 0.25) is 0 Å². The Bertz CT molecular complexity index is 930. The van der Waals surface area contributed by atoms with Crippen LogP contribution in [0, 0.1) is 5.92 Å². The van der Waals surface area contributed by atoms with E-state index in [9.17, 15) is 0 Å². The van der Waals surface area contributed by atoms with Crippen LogP contribution in [0.15, 0.2) is 91.0 Å². The van der Waals surface area contributed by atoms with Crippen molar-refractivity contribution in [2.45, 2.75) is 58.1 Å². The summed E-state index contributed by atoms with van der Waals surface area (Å²) in [5.41, 5.74) is 3.43. The van der Waals surface area contributed by atoms with E-state index in [4.69, 9.17) is 18.9 Å². The number of benzene rings is 3. The summed E-state index contributed by atoms with van der Waals surface area (Å²) in [7, 11) is 0. The Balaban J connectivity index is 1.45. The lowest BCUT2D eigenvalue weighted by molar-refractivity contribution is -0.0901. The summed E-state index contributed by atoms with van der Waals surface area (Å²) in [4.78, 5) is 0. The first-order valence-corrected chi connectivity index (χ1v) is 11.8. The topological polar surface area (TPSA) is 36.9 Å². The first kappa shape index (κ1) is 23.7. The van der Waals surface area contributed by atoms with Gasteiger partial charge in [0.05, 0.1) is 32.5 Å². The van der Waals surface area contributed by atoms with Gasteiger partial charge in [-0.15, -0.1) is 0 Å². The third-order valence-corrected chi connectivity index (χ3v) is 5.97. The van der Waals surface area contributed by atoms with Crippen molar-refractivity contribution < 1.29 is 18.9 Å². The molecule has 0 aliphatic carbocycles. The van der Waals surface area contributed by atoms with Crippen LogP contribution >= 0.6 is 0 Å². The van der Waals surface area contributed by atoms with Crippen molar-refractivity contribution in [3.63, 3.8) is 0 Å². The summed E-state index contributed by atoms with van der Waals surface area (Å²) in [6.07, 6.45) is -0.623. The molecular weight excluding hydrogens is 412 g/mol. The van der Waals surface area contributed by atoms with Crippen molar-refractivity contribution in [1.82, 2.24) is 0 Å². The van der Waals surface area contributed by atoms with Gasteiger partial charge < -0.3 is 18.9 Å². The second-order valence-corrected chi connectivity index (χ2v) is 8.91. The lowest BCUT2D eigenvalue weighted by Gasteiger charge is -2.26. The molecule has 33 heavy (non-hydrogen) atoms. The van der Waals surface area contributed by atoms with Gasteiger partial charge in [-0.2, -0.15) is 0 Å². The Kier molecular flexibility index (Phi) is 8.67. The van der Waals surface area contributed by atoms with Gasteiger partial charge in [-0.1, -0.05) is 105 Å². The average Bonchev–Trinajstić information content (AvgIpc) is 3.21. The van der Waals surface area contributed by atoms with Crippen molar-refractivity contribution in [2.75, 3.05) is 6.61 Å². The summed E-state index contributed by atoms with van der Waals surface area (Å²) >= 11 is 0. The second kappa shape index (κ2) is 12.1. The standard InChI is InChI=1S/C29H34O4/c1-22(2)27-29(32-20-25-16-10-5-11-17-25)28(31-19-24-14-8-4-9-15-24)26(33-27)21-30-18-23-12-6-3-7-13-23/h3-17,22,26-29H,18-21H2,1-2H3/t26-,27?,28?,29?/m1/s1. The van der Waals surface area contributed by atoms with Gasteiger partial charge in [0.1, 0.15) is 18.3 Å². The molecule has 4 rings (SSSR count). The number of hydrogen-bond acceptors (Lipinski definition) is 4. The van der Waals surface area contributed by atoms with Gasteiger partial charge in [-0.05, 0) is 22.6 Å². The third-order valence-electron chi connectivity index (χ3n) is 5.97. The van der Waals surface area contributed by atoms with Gasteiger partial charge >= 0.3 is 0 Å². The molecule has 4 atom stereocenters. The lowest BCUT2D eigenvalue weighted by atomic mass is 9.99. The van der Waals surface area contributed by atoms with Gasteiger partial charge in [0, 0.05) is 0 Å². The summed E-state index contributed by atoms with van der Waals surface area (Å²) in [6.45, 7) is 6.40. The molecule has 1 saturated heterocycles. The van der Waals surface area contributed by atoms with E-state index in [0.717, 1.165) is 16.7 Å². The van der Waals surface area contributed by atoms with Crippen LogP contribution in [0.25, 0.3) is 0 Å². The van der Waals surface area contributed by atoms with E-state index in [1.165, 1.54) is 0 Å². The molecule has 0 saturated carbocycles. The molecule has 0 radical (unpaired) electrons. The fourth-order valence-electron chi connectivity index (χ4n) is 4.22. The maximum Gasteiger partial charge on any atom is 0.115 e. The van der Waals surface area contributed by atoms with Crippen molar-refractivity contribution >= 4 is 0 Å². The zero-order valence-corrected chi connectivity index (χ0v) is 19.5. The molecular formula is C29H34O4. The molecule has 4 heteroatoms. The van der Waals surface area contributed by atoms with Crippen LogP contribution in [-0.4, -0.2) is 31.0 Å². The maximum absolute atomic E-state index is 6.49. The zero-order chi connectivity index (χ0) is 22.9. The minimum atomic E-state index is -0.211. The molecule has 0 amide bonds. The molecule has 0 N–H and O–H groups in total. The smallest absolute Gasteiger partial charge is 0.115 e. The van der Waals surface area contributed by atoms with Crippen LogP contribution in [0.4, 0.5) is 0 Å². The normalized spacial score (nSPS) is 22.6. The monoisotopic (exact) mass is 446 g/mol. The highest BCUT2D eigenvalue weighted by atomic mass is 16.6. The molecule has 0 spiro atoms. The fourth-order valence-corrected chi connectivity index (χ4v) is 4.22. The van der Waals surface area contributed by atoms with Crippen LogP contribution in [-0.2, 0) is 38.8 Å². The number of ether oxygens (including phenoxy) is 4. The average molecular weight is 447 g/mol. The second-order valence-electron chi connectivity index (χ2n) is 8.91. The lowest BCUT2D eigenvalue weighted by Crippen LogP contribution is -2.40. The van der Waals surface area contributed by atoms with Gasteiger partial charge in [0.25, 0.3) is 0 Å². The van der Waals surface area contributed by atoms with Gasteiger partial charge in [-0.3, -0.25) is 0 Å². The highest BCUT2D eigenvalue weighted by Crippen LogP contribution is 2.32. The molecule has 4 nitrogen and oxygen atoms in total. The first-order chi connectivity index (χ1) is 16.2. The molecule has 1 heterocycles. The minimum absolute atomic E-state index is 0.0557. The predicted octanol–water partition coefficient (Wildman–Crippen LogP) is 5.80. The number of rotatable bonds is 11. The predicted molar refractivity (Wildman–Crippen MR) is 130 cm³/mol. The summed E-state index contributed by atoms with van der Waals surface area (Å²) in [5, 5.41) is 0. The molecule has 174 valence electrons. The van der Waals surface area contributed by atoms with Crippen molar-refractivity contribution in [1.29, 1.82) is 0 Å². The van der Waals surface area contributed by atoms with Crippen molar-refractivity contribution in [3.8, 4) is 0 Å². The van der Waals surface area contributed by atoms with Crippen LogP contribution in [0.3, 0.4) is 0 Å². The van der Waals surface area contributed by atoms with E-state index in [2.05, 4.69) is 50.2 Å². The van der Waals surface area contributed by atoms with E-state index in [0.29, 0.717) is 32.3 Å². The molecule has 3 unspecified atom stereocenters. The quantitative estimate of drug-likeness (QED) is 0.373. The summed E-state index contributed by atoms with van der Waals surface area (Å²) < 4.78 is 25.5. The highest BCUT2D eigenvalue weighted by Gasteiger charge is 2.47. The molecule has 0 aromatic heterocycles. The molecule has 3 aromatic carbocycles. The number of hydrogen-bond donors (Lipinski definition) is 0. The van der Waals surface area contributed by atoms with E-state index >= 15 is 0 Å². The first-order valence-electron chi connectivity index (χ1n) is 11.8. The molecule has 1 fully saturated rings. The van der Waals surface area contributed by atoms with Gasteiger partial charge in [0.15, 0.2) is 0 Å². The van der Waals surface area contributed by atoms with E-state index in [1.54, 1.807) is 0 Å². The Morgan fingerprint density at radius 2 is 1.09 bits per heavy atom. The largest absolute Gasteiger partial charge is 0.374 e. The summed E-state index contributed by atoms with van der Waals surface area (Å²) in [6, 6.07) is 30.7. The minimum Gasteiger partial charge on any atom is -0.374 e. The van der Waals surface area contributed by atoms with E-state index in [1.807, 2.05) is 54.6 Å². The maximum atomic E-state index is 6.49. The Morgan fingerprint density at radius 1 is 0.636 bits per heavy atom. The van der Waals surface area contributed by atoms with Crippen LogP contribution in [0.1, 0.15) is 30.5 Å². The fraction of sp³-hybridized carbons (Fsp3) is 0.379. The Labute approximate surface area is 197 Å². The van der Waals surface area contributed by atoms with Crippen LogP contribution in [0.2, 0.25) is 0 Å². The van der Waals surface area contributed by atoms with E-state index in [-0.39, 0.29) is 24.4 Å². The molecule has 1 aliphatic heterocycles. The molecule has 1 aliphatic rings. The molecule has 3 aromatic rings. The Morgan fingerprint density at radius 3 is 1.58 bits per heavy atom. The van der Waals surface area contributed by atoms with E-state index < -0.39 is 0 Å². The van der Waals surface area contributed by atoms with Gasteiger partial charge in [-0.25, -0.2) is 0 Å². The van der Waals surface area contributed by atoms with Crippen LogP contribution in [0.5, 0.6) is 0 Å². The Hall–Kier alpha value is -2.50. The zero-order valence-electron chi connectivity index (χ0n) is 19.5. The highest BCUT2D eigenvalue weighted by molar-refractivity contribution is 5.15. The molecule has 0 bridgehead atoms. The summed E-state index contributed by atoms with van der Waals surface area (Å²) in [5.74, 6) is 0.299.